The number of carbonyl (C=O) groups is 3. The molecule has 3 heterocycles. The Morgan fingerprint density at radius 3 is 2.50 bits per heavy atom. The number of aromatic nitrogens is 4. The number of hydrogen-bond acceptors (Lipinski definition) is 6. The zero-order chi connectivity index (χ0) is 29.5. The summed E-state index contributed by atoms with van der Waals surface area (Å²) in [5.74, 6) is 0.123. The maximum Gasteiger partial charge on any atom is 0.319 e. The number of rotatable bonds is 8. The Morgan fingerprint density at radius 2 is 1.76 bits per heavy atom. The van der Waals surface area contributed by atoms with Crippen molar-refractivity contribution in [2.45, 2.75) is 51.0 Å². The van der Waals surface area contributed by atoms with Crippen LogP contribution >= 0.6 is 0 Å². The molecule has 0 saturated carbocycles. The van der Waals surface area contributed by atoms with Crippen LogP contribution in [0, 0.1) is 11.7 Å². The summed E-state index contributed by atoms with van der Waals surface area (Å²) in [5, 5.41) is 17.1. The Morgan fingerprint density at radius 1 is 1.00 bits per heavy atom. The second kappa shape index (κ2) is 13.5. The van der Waals surface area contributed by atoms with E-state index < -0.39 is 12.1 Å². The predicted molar refractivity (Wildman–Crippen MR) is 155 cm³/mol. The number of carbonyl (C=O) groups excluding carboxylic acids is 3. The number of halogens is 1. The van der Waals surface area contributed by atoms with Gasteiger partial charge in [0.05, 0.1) is 6.42 Å². The van der Waals surface area contributed by atoms with Crippen molar-refractivity contribution in [3.05, 3.63) is 59.9 Å². The van der Waals surface area contributed by atoms with Gasteiger partial charge in [-0.3, -0.25) is 9.59 Å². The third-order valence-electron chi connectivity index (χ3n) is 7.96. The number of nitrogens with zero attached hydrogens (tertiary/aromatic N) is 6. The molecule has 2 aliphatic rings. The summed E-state index contributed by atoms with van der Waals surface area (Å²) in [6.45, 7) is 2.41. The van der Waals surface area contributed by atoms with Crippen molar-refractivity contribution in [3.63, 3.8) is 0 Å². The van der Waals surface area contributed by atoms with Gasteiger partial charge in [-0.1, -0.05) is 24.3 Å². The fourth-order valence-corrected chi connectivity index (χ4v) is 5.79. The minimum Gasteiger partial charge on any atom is -0.342 e. The Hall–Kier alpha value is -4.35. The molecule has 0 spiro atoms. The average molecular weight is 577 g/mol. The van der Waals surface area contributed by atoms with Gasteiger partial charge in [-0.25, -0.2) is 13.9 Å². The summed E-state index contributed by atoms with van der Waals surface area (Å²) in [4.78, 5) is 43.7. The summed E-state index contributed by atoms with van der Waals surface area (Å²) in [7, 11) is 1.73. The number of hydrogen-bond donors (Lipinski definition) is 2. The Kier molecular flexibility index (Phi) is 9.40. The topological polar surface area (TPSA) is 125 Å². The number of piperidine rings is 2. The lowest BCUT2D eigenvalue weighted by Gasteiger charge is -2.35. The SMILES string of the molecule is Cn1nnnc1-c1cccc(NC(=O)NC(CC(=O)N2CCCC(Cc3ccc(F)cc3)C2)C(=O)N2CCCCC2)c1. The molecule has 2 unspecified atom stereocenters. The summed E-state index contributed by atoms with van der Waals surface area (Å²) in [6.07, 6.45) is 5.33. The van der Waals surface area contributed by atoms with Crippen LogP contribution < -0.4 is 10.6 Å². The van der Waals surface area contributed by atoms with Gasteiger partial charge in [0.25, 0.3) is 0 Å². The number of urea groups is 1. The molecular formula is C30H37FN8O3. The number of nitrogens with one attached hydrogen (secondary N) is 2. The highest BCUT2D eigenvalue weighted by Gasteiger charge is 2.32. The molecular weight excluding hydrogens is 539 g/mol. The van der Waals surface area contributed by atoms with E-state index in [4.69, 9.17) is 0 Å². The maximum atomic E-state index is 13.5. The number of anilines is 1. The molecule has 3 aromatic rings. The molecule has 2 atom stereocenters. The van der Waals surface area contributed by atoms with Gasteiger partial charge in [-0.2, -0.15) is 0 Å². The quantitative estimate of drug-likeness (QED) is 0.424. The van der Waals surface area contributed by atoms with Gasteiger partial charge in [-0.15, -0.1) is 5.10 Å². The lowest BCUT2D eigenvalue weighted by molar-refractivity contribution is -0.140. The van der Waals surface area contributed by atoms with Gasteiger partial charge < -0.3 is 20.4 Å². The zero-order valence-electron chi connectivity index (χ0n) is 23.8. The standard InChI is InChI=1S/C30H37FN8O3/c1-37-28(34-35-36-37)23-8-5-9-25(18-23)32-30(42)33-26(29(41)38-14-3-2-4-15-38)19-27(40)39-16-6-7-22(20-39)17-21-10-12-24(31)13-11-21/h5,8-13,18,22,26H,2-4,6-7,14-17,19-20H2,1H3,(H2,32,33,42). The molecule has 2 aromatic carbocycles. The fraction of sp³-hybridized carbons (Fsp3) is 0.467. The molecule has 2 N–H and O–H groups in total. The number of benzene rings is 2. The summed E-state index contributed by atoms with van der Waals surface area (Å²) in [6, 6.07) is 12.0. The maximum absolute atomic E-state index is 13.5. The number of aryl methyl sites for hydroxylation is 1. The Labute approximate surface area is 244 Å². The average Bonchev–Trinajstić information content (AvgIpc) is 3.44. The molecule has 11 nitrogen and oxygen atoms in total. The first-order valence-electron chi connectivity index (χ1n) is 14.6. The van der Waals surface area contributed by atoms with Crippen LogP contribution in [0.5, 0.6) is 0 Å². The van der Waals surface area contributed by atoms with Crippen LogP contribution in [-0.4, -0.2) is 80.1 Å². The van der Waals surface area contributed by atoms with E-state index in [0.29, 0.717) is 37.7 Å². The highest BCUT2D eigenvalue weighted by Crippen LogP contribution is 2.23. The van der Waals surface area contributed by atoms with E-state index in [1.165, 1.54) is 16.8 Å². The highest BCUT2D eigenvalue weighted by molar-refractivity contribution is 5.96. The number of amides is 4. The Bertz CT molecular complexity index is 1390. The molecule has 222 valence electrons. The molecule has 4 amide bonds. The van der Waals surface area contributed by atoms with Gasteiger partial charge >= 0.3 is 6.03 Å². The third kappa shape index (κ3) is 7.48. The van der Waals surface area contributed by atoms with Crippen molar-refractivity contribution in [1.29, 1.82) is 0 Å². The van der Waals surface area contributed by atoms with E-state index >= 15 is 0 Å². The van der Waals surface area contributed by atoms with E-state index in [0.717, 1.165) is 49.7 Å². The first-order valence-corrected chi connectivity index (χ1v) is 14.6. The van der Waals surface area contributed by atoms with Gasteiger partial charge in [0.2, 0.25) is 11.8 Å². The van der Waals surface area contributed by atoms with Crippen molar-refractivity contribution < 1.29 is 18.8 Å². The summed E-state index contributed by atoms with van der Waals surface area (Å²) in [5.41, 5.74) is 2.26. The summed E-state index contributed by atoms with van der Waals surface area (Å²) < 4.78 is 14.9. The predicted octanol–water partition coefficient (Wildman–Crippen LogP) is 3.39. The number of tetrazole rings is 1. The monoisotopic (exact) mass is 576 g/mol. The number of likely N-dealkylation sites (tertiary alicyclic amines) is 2. The molecule has 5 rings (SSSR count). The normalized spacial score (nSPS) is 17.9. The van der Waals surface area contributed by atoms with E-state index in [1.54, 1.807) is 47.2 Å². The van der Waals surface area contributed by atoms with Crippen LogP contribution in [0.2, 0.25) is 0 Å². The summed E-state index contributed by atoms with van der Waals surface area (Å²) >= 11 is 0. The molecule has 1 aromatic heterocycles. The molecule has 0 bridgehead atoms. The van der Waals surface area contributed by atoms with Crippen molar-refractivity contribution in [3.8, 4) is 11.4 Å². The van der Waals surface area contributed by atoms with Gasteiger partial charge in [0.1, 0.15) is 11.9 Å². The first kappa shape index (κ1) is 29.2. The lowest BCUT2D eigenvalue weighted by atomic mass is 9.91. The van der Waals surface area contributed by atoms with Gasteiger partial charge in [-0.05, 0) is 84.7 Å². The van der Waals surface area contributed by atoms with Crippen LogP contribution in [0.3, 0.4) is 0 Å². The van der Waals surface area contributed by atoms with Crippen LogP contribution in [0.15, 0.2) is 48.5 Å². The fourth-order valence-electron chi connectivity index (χ4n) is 5.79. The molecule has 0 aliphatic carbocycles. The van der Waals surface area contributed by atoms with Crippen LogP contribution in [0.1, 0.15) is 44.1 Å². The van der Waals surface area contributed by atoms with Gasteiger partial charge in [0, 0.05) is 44.5 Å². The third-order valence-corrected chi connectivity index (χ3v) is 7.96. The zero-order valence-corrected chi connectivity index (χ0v) is 23.8. The van der Waals surface area contributed by atoms with Crippen LogP contribution in [0.25, 0.3) is 11.4 Å². The van der Waals surface area contributed by atoms with Crippen molar-refractivity contribution in [2.75, 3.05) is 31.5 Å². The van der Waals surface area contributed by atoms with Gasteiger partial charge in [0.15, 0.2) is 5.82 Å². The molecule has 2 aliphatic heterocycles. The molecule has 2 fully saturated rings. The van der Waals surface area contributed by atoms with Crippen molar-refractivity contribution in [2.24, 2.45) is 13.0 Å². The minimum absolute atomic E-state index is 0.114. The smallest absolute Gasteiger partial charge is 0.319 e. The Balaban J connectivity index is 1.24. The molecule has 42 heavy (non-hydrogen) atoms. The molecule has 12 heteroatoms. The second-order valence-electron chi connectivity index (χ2n) is 11.1. The molecule has 0 radical (unpaired) electrons. The van der Waals surface area contributed by atoms with Crippen LogP contribution in [0.4, 0.5) is 14.9 Å². The first-order chi connectivity index (χ1) is 20.4. The van der Waals surface area contributed by atoms with E-state index in [9.17, 15) is 18.8 Å². The van der Waals surface area contributed by atoms with Crippen molar-refractivity contribution >= 4 is 23.5 Å². The van der Waals surface area contributed by atoms with E-state index in [2.05, 4.69) is 26.2 Å². The second-order valence-corrected chi connectivity index (χ2v) is 11.1. The van der Waals surface area contributed by atoms with E-state index in [1.807, 2.05) is 6.07 Å². The minimum atomic E-state index is -0.987. The lowest BCUT2D eigenvalue weighted by Crippen LogP contribution is -2.53. The highest BCUT2D eigenvalue weighted by atomic mass is 19.1. The largest absolute Gasteiger partial charge is 0.342 e. The van der Waals surface area contributed by atoms with Crippen molar-refractivity contribution in [1.82, 2.24) is 35.3 Å². The van der Waals surface area contributed by atoms with Crippen LogP contribution in [-0.2, 0) is 23.1 Å². The molecule has 2 saturated heterocycles. The van der Waals surface area contributed by atoms with E-state index in [-0.39, 0.29) is 30.0 Å².